The Morgan fingerprint density at radius 2 is 2.31 bits per heavy atom. The third kappa shape index (κ3) is 3.54. The van der Waals surface area contributed by atoms with E-state index in [9.17, 15) is 4.79 Å². The van der Waals surface area contributed by atoms with Crippen molar-refractivity contribution in [3.63, 3.8) is 0 Å². The highest BCUT2D eigenvalue weighted by atomic mass is 16.1. The van der Waals surface area contributed by atoms with E-state index in [1.165, 1.54) is 19.3 Å². The summed E-state index contributed by atoms with van der Waals surface area (Å²) in [5.41, 5.74) is 1.04. The van der Waals surface area contributed by atoms with Gasteiger partial charge in [0.05, 0.1) is 6.54 Å². The van der Waals surface area contributed by atoms with Crippen LogP contribution < -0.4 is 5.32 Å². The highest BCUT2D eigenvalue weighted by molar-refractivity contribution is 5.46. The smallest absolute Gasteiger partial charge is 0.207 e. The van der Waals surface area contributed by atoms with Gasteiger partial charge in [-0.05, 0) is 18.3 Å². The van der Waals surface area contributed by atoms with E-state index in [0.29, 0.717) is 6.54 Å². The lowest BCUT2D eigenvalue weighted by Crippen LogP contribution is -2.27. The number of hydrogen-bond acceptors (Lipinski definition) is 2. The largest absolute Gasteiger partial charge is 0.373 e. The Labute approximate surface area is 98.9 Å². The SMILES string of the molecule is C=C(CNC=O)N1CC(C)C(CCCC)C1. The Morgan fingerprint density at radius 1 is 1.56 bits per heavy atom. The minimum atomic E-state index is 0.580. The monoisotopic (exact) mass is 224 g/mol. The van der Waals surface area contributed by atoms with E-state index in [1.54, 1.807) is 0 Å². The summed E-state index contributed by atoms with van der Waals surface area (Å²) < 4.78 is 0. The number of carbonyl (C=O) groups excluding carboxylic acids is 1. The van der Waals surface area contributed by atoms with E-state index in [1.807, 2.05) is 0 Å². The summed E-state index contributed by atoms with van der Waals surface area (Å²) in [6.07, 6.45) is 4.65. The van der Waals surface area contributed by atoms with Gasteiger partial charge in [0.2, 0.25) is 6.41 Å². The predicted molar refractivity (Wildman–Crippen MR) is 67.0 cm³/mol. The van der Waals surface area contributed by atoms with Crippen LogP contribution in [0.1, 0.15) is 33.1 Å². The Bertz CT molecular complexity index is 240. The van der Waals surface area contributed by atoms with Gasteiger partial charge in [0.1, 0.15) is 0 Å². The number of nitrogens with one attached hydrogen (secondary N) is 1. The lowest BCUT2D eigenvalue weighted by atomic mass is 9.93. The van der Waals surface area contributed by atoms with Crippen LogP contribution in [0.15, 0.2) is 12.3 Å². The van der Waals surface area contributed by atoms with Gasteiger partial charge in [-0.3, -0.25) is 4.79 Å². The molecule has 1 amide bonds. The third-order valence-corrected chi connectivity index (χ3v) is 3.53. The highest BCUT2D eigenvalue weighted by Gasteiger charge is 2.29. The second-order valence-corrected chi connectivity index (χ2v) is 4.85. The maximum absolute atomic E-state index is 10.2. The van der Waals surface area contributed by atoms with E-state index in [2.05, 4.69) is 30.6 Å². The van der Waals surface area contributed by atoms with E-state index < -0.39 is 0 Å². The molecule has 0 aromatic carbocycles. The van der Waals surface area contributed by atoms with Gasteiger partial charge in [0, 0.05) is 18.8 Å². The normalized spacial score (nSPS) is 24.5. The van der Waals surface area contributed by atoms with E-state index >= 15 is 0 Å². The summed E-state index contributed by atoms with van der Waals surface area (Å²) in [5, 5.41) is 2.68. The summed E-state index contributed by atoms with van der Waals surface area (Å²) in [4.78, 5) is 12.5. The highest BCUT2D eigenvalue weighted by Crippen LogP contribution is 2.29. The van der Waals surface area contributed by atoms with Crippen LogP contribution in [0.25, 0.3) is 0 Å². The number of carbonyl (C=O) groups is 1. The lowest BCUT2D eigenvalue weighted by molar-refractivity contribution is -0.109. The summed E-state index contributed by atoms with van der Waals surface area (Å²) in [5.74, 6) is 1.55. The Kier molecular flexibility index (Phi) is 5.36. The zero-order valence-corrected chi connectivity index (χ0v) is 10.5. The maximum atomic E-state index is 10.2. The van der Waals surface area contributed by atoms with Crippen LogP contribution in [-0.2, 0) is 4.79 Å². The van der Waals surface area contributed by atoms with Crippen LogP contribution in [-0.4, -0.2) is 30.9 Å². The van der Waals surface area contributed by atoms with Crippen LogP contribution in [0.5, 0.6) is 0 Å². The molecule has 3 nitrogen and oxygen atoms in total. The average Bonchev–Trinajstić information content (AvgIpc) is 2.65. The third-order valence-electron chi connectivity index (χ3n) is 3.53. The number of likely N-dealkylation sites (tertiary alicyclic amines) is 1. The number of unbranched alkanes of at least 4 members (excludes halogenated alkanes) is 1. The zero-order valence-electron chi connectivity index (χ0n) is 10.5. The quantitative estimate of drug-likeness (QED) is 0.671. The first-order valence-electron chi connectivity index (χ1n) is 6.28. The first-order chi connectivity index (χ1) is 7.69. The fourth-order valence-corrected chi connectivity index (χ4v) is 2.41. The van der Waals surface area contributed by atoms with Crippen molar-refractivity contribution in [3.05, 3.63) is 12.3 Å². The minimum Gasteiger partial charge on any atom is -0.373 e. The molecule has 0 aromatic rings. The molecule has 1 N–H and O–H groups in total. The first-order valence-corrected chi connectivity index (χ1v) is 6.28. The van der Waals surface area contributed by atoms with Crippen molar-refractivity contribution in [2.45, 2.75) is 33.1 Å². The topological polar surface area (TPSA) is 32.3 Å². The molecule has 1 aliphatic rings. The van der Waals surface area contributed by atoms with Crippen molar-refractivity contribution in [2.75, 3.05) is 19.6 Å². The molecule has 0 radical (unpaired) electrons. The van der Waals surface area contributed by atoms with E-state index in [0.717, 1.165) is 37.0 Å². The molecule has 1 saturated heterocycles. The molecule has 0 aliphatic carbocycles. The number of hydrogen-bond donors (Lipinski definition) is 1. The van der Waals surface area contributed by atoms with Crippen molar-refractivity contribution < 1.29 is 4.79 Å². The standard InChI is InChI=1S/C13H24N2O/c1-4-5-6-13-9-15(8-11(13)2)12(3)7-14-10-16/h10-11,13H,3-9H2,1-2H3,(H,14,16). The Hall–Kier alpha value is -0.990. The molecule has 1 rings (SSSR count). The van der Waals surface area contributed by atoms with Gasteiger partial charge in [-0.1, -0.05) is 33.3 Å². The second-order valence-electron chi connectivity index (χ2n) is 4.85. The Morgan fingerprint density at radius 3 is 2.94 bits per heavy atom. The number of nitrogens with zero attached hydrogens (tertiary/aromatic N) is 1. The molecule has 92 valence electrons. The van der Waals surface area contributed by atoms with Crippen LogP contribution in [0.4, 0.5) is 0 Å². The molecule has 3 heteroatoms. The van der Waals surface area contributed by atoms with Crippen molar-refractivity contribution in [3.8, 4) is 0 Å². The summed E-state index contributed by atoms with van der Waals surface area (Å²) in [6, 6.07) is 0. The number of rotatable bonds is 7. The Balaban J connectivity index is 2.36. The second kappa shape index (κ2) is 6.56. The average molecular weight is 224 g/mol. The zero-order chi connectivity index (χ0) is 12.0. The molecular weight excluding hydrogens is 200 g/mol. The molecule has 2 atom stereocenters. The fraction of sp³-hybridized carbons (Fsp3) is 0.769. The molecule has 0 spiro atoms. The van der Waals surface area contributed by atoms with Gasteiger partial charge in [-0.25, -0.2) is 0 Å². The molecule has 2 unspecified atom stereocenters. The maximum Gasteiger partial charge on any atom is 0.207 e. The summed E-state index contributed by atoms with van der Waals surface area (Å²) >= 11 is 0. The van der Waals surface area contributed by atoms with Crippen molar-refractivity contribution >= 4 is 6.41 Å². The van der Waals surface area contributed by atoms with Crippen molar-refractivity contribution in [1.29, 1.82) is 0 Å². The van der Waals surface area contributed by atoms with Crippen molar-refractivity contribution in [2.24, 2.45) is 11.8 Å². The molecule has 16 heavy (non-hydrogen) atoms. The molecule has 1 aliphatic heterocycles. The lowest BCUT2D eigenvalue weighted by Gasteiger charge is -2.20. The first kappa shape index (κ1) is 13.1. The van der Waals surface area contributed by atoms with Crippen LogP contribution in [0.3, 0.4) is 0 Å². The van der Waals surface area contributed by atoms with E-state index in [-0.39, 0.29) is 0 Å². The van der Waals surface area contributed by atoms with Gasteiger partial charge in [0.25, 0.3) is 0 Å². The molecule has 1 fully saturated rings. The van der Waals surface area contributed by atoms with Gasteiger partial charge in [0.15, 0.2) is 0 Å². The van der Waals surface area contributed by atoms with Crippen LogP contribution in [0.2, 0.25) is 0 Å². The molecule has 0 saturated carbocycles. The molecule has 0 aromatic heterocycles. The predicted octanol–water partition coefficient (Wildman–Crippen LogP) is 2.00. The molecule has 1 heterocycles. The molecular formula is C13H24N2O. The van der Waals surface area contributed by atoms with Crippen LogP contribution in [0, 0.1) is 11.8 Å². The minimum absolute atomic E-state index is 0.580. The van der Waals surface area contributed by atoms with E-state index in [4.69, 9.17) is 0 Å². The number of amides is 1. The summed E-state index contributed by atoms with van der Waals surface area (Å²) in [7, 11) is 0. The van der Waals surface area contributed by atoms with Gasteiger partial charge >= 0.3 is 0 Å². The van der Waals surface area contributed by atoms with Crippen molar-refractivity contribution in [1.82, 2.24) is 10.2 Å². The fourth-order valence-electron chi connectivity index (χ4n) is 2.41. The van der Waals surface area contributed by atoms with Gasteiger partial charge in [-0.2, -0.15) is 0 Å². The van der Waals surface area contributed by atoms with Crippen LogP contribution >= 0.6 is 0 Å². The molecule has 0 bridgehead atoms. The van der Waals surface area contributed by atoms with Gasteiger partial charge < -0.3 is 10.2 Å². The summed E-state index contributed by atoms with van der Waals surface area (Å²) in [6.45, 7) is 11.4. The van der Waals surface area contributed by atoms with Gasteiger partial charge in [-0.15, -0.1) is 0 Å².